The number of carboxylic acid groups (broad SMARTS) is 1. The molecule has 0 aromatic heterocycles. The lowest BCUT2D eigenvalue weighted by molar-refractivity contribution is -0.385. The van der Waals surface area contributed by atoms with Gasteiger partial charge in [0.25, 0.3) is 0 Å². The van der Waals surface area contributed by atoms with E-state index in [-0.39, 0.29) is 29.0 Å². The highest BCUT2D eigenvalue weighted by Gasteiger charge is 2.18. The van der Waals surface area contributed by atoms with Gasteiger partial charge in [0.2, 0.25) is 0 Å². The summed E-state index contributed by atoms with van der Waals surface area (Å²) < 4.78 is 5.50. The molecule has 0 fully saturated rings. The molecule has 0 unspecified atom stereocenters. The molecule has 0 atom stereocenters. The highest BCUT2D eigenvalue weighted by Crippen LogP contribution is 2.29. The average Bonchev–Trinajstić information content (AvgIpc) is 2.52. The third kappa shape index (κ3) is 4.10. The van der Waals surface area contributed by atoms with Crippen LogP contribution in [0.2, 0.25) is 0 Å². The second-order valence-corrected chi connectivity index (χ2v) is 6.48. The van der Waals surface area contributed by atoms with Crippen LogP contribution in [0.15, 0.2) is 42.5 Å². The van der Waals surface area contributed by atoms with Crippen LogP contribution >= 0.6 is 0 Å². The van der Waals surface area contributed by atoms with E-state index in [1.165, 1.54) is 17.7 Å². The van der Waals surface area contributed by atoms with Crippen molar-refractivity contribution in [2.45, 2.75) is 32.8 Å². The first kappa shape index (κ1) is 17.5. The van der Waals surface area contributed by atoms with Crippen molar-refractivity contribution in [2.24, 2.45) is 0 Å². The van der Waals surface area contributed by atoms with E-state index in [0.29, 0.717) is 0 Å². The number of nitro benzene ring substituents is 1. The second-order valence-electron chi connectivity index (χ2n) is 6.48. The first-order valence-electron chi connectivity index (χ1n) is 7.42. The molecule has 0 aliphatic rings. The summed E-state index contributed by atoms with van der Waals surface area (Å²) in [5.74, 6) is -1.22. The second kappa shape index (κ2) is 6.70. The molecule has 0 bridgehead atoms. The van der Waals surface area contributed by atoms with Crippen molar-refractivity contribution in [2.75, 3.05) is 0 Å². The van der Waals surface area contributed by atoms with Gasteiger partial charge in [-0.25, -0.2) is 4.79 Å². The first-order chi connectivity index (χ1) is 11.2. The molecule has 0 spiro atoms. The maximum Gasteiger partial charge on any atom is 0.335 e. The summed E-state index contributed by atoms with van der Waals surface area (Å²) in [6, 6.07) is 11.3. The third-order valence-electron chi connectivity index (χ3n) is 3.62. The number of carboxylic acids is 1. The van der Waals surface area contributed by atoms with Crippen LogP contribution in [-0.4, -0.2) is 16.0 Å². The lowest BCUT2D eigenvalue weighted by Crippen LogP contribution is -2.11. The number of rotatable bonds is 5. The Bertz CT molecular complexity index is 760. The average molecular weight is 329 g/mol. The van der Waals surface area contributed by atoms with E-state index in [9.17, 15) is 14.9 Å². The topological polar surface area (TPSA) is 89.7 Å². The number of nitrogens with zero attached hydrogens (tertiary/aromatic N) is 1. The van der Waals surface area contributed by atoms with Gasteiger partial charge in [0.1, 0.15) is 6.61 Å². The van der Waals surface area contributed by atoms with Crippen LogP contribution < -0.4 is 4.74 Å². The van der Waals surface area contributed by atoms with Gasteiger partial charge < -0.3 is 9.84 Å². The van der Waals surface area contributed by atoms with Crippen molar-refractivity contribution >= 4 is 11.7 Å². The van der Waals surface area contributed by atoms with E-state index in [0.717, 1.165) is 11.6 Å². The van der Waals surface area contributed by atoms with Gasteiger partial charge in [-0.2, -0.15) is 0 Å². The van der Waals surface area contributed by atoms with Gasteiger partial charge in [-0.05, 0) is 22.6 Å². The van der Waals surface area contributed by atoms with Crippen LogP contribution in [0.5, 0.6) is 5.75 Å². The van der Waals surface area contributed by atoms with Gasteiger partial charge in [0.15, 0.2) is 5.75 Å². The Morgan fingerprint density at radius 1 is 1.17 bits per heavy atom. The van der Waals surface area contributed by atoms with Crippen LogP contribution in [0.1, 0.15) is 42.3 Å². The van der Waals surface area contributed by atoms with Crippen LogP contribution in [0.4, 0.5) is 5.69 Å². The minimum absolute atomic E-state index is 0.0357. The minimum Gasteiger partial charge on any atom is -0.482 e. The number of benzene rings is 2. The summed E-state index contributed by atoms with van der Waals surface area (Å²) in [6.07, 6.45) is 0. The number of aromatic carboxylic acids is 1. The van der Waals surface area contributed by atoms with Crippen molar-refractivity contribution in [3.8, 4) is 5.75 Å². The monoisotopic (exact) mass is 329 g/mol. The van der Waals surface area contributed by atoms with Crippen LogP contribution in [-0.2, 0) is 12.0 Å². The Hall–Kier alpha value is -2.89. The minimum atomic E-state index is -1.16. The molecule has 0 aliphatic carbocycles. The lowest BCUT2D eigenvalue weighted by Gasteiger charge is -2.19. The molecule has 0 radical (unpaired) electrons. The zero-order valence-electron chi connectivity index (χ0n) is 13.8. The molecule has 6 nitrogen and oxygen atoms in total. The fourth-order valence-corrected chi connectivity index (χ4v) is 2.18. The molecule has 2 aromatic rings. The molecule has 0 saturated heterocycles. The van der Waals surface area contributed by atoms with E-state index in [2.05, 4.69) is 20.8 Å². The fraction of sp³-hybridized carbons (Fsp3) is 0.278. The SMILES string of the molecule is CC(C)(C)c1ccc(COc2cc(C(=O)O)ccc2[N+](=O)[O-])cc1. The van der Waals surface area contributed by atoms with Crippen LogP contribution in [0.3, 0.4) is 0 Å². The summed E-state index contributed by atoms with van der Waals surface area (Å²) in [4.78, 5) is 21.5. The van der Waals surface area contributed by atoms with Crippen molar-refractivity contribution in [1.82, 2.24) is 0 Å². The van der Waals surface area contributed by atoms with Crippen molar-refractivity contribution < 1.29 is 19.6 Å². The number of ether oxygens (including phenoxy) is 1. The molecule has 6 heteroatoms. The number of hydrogen-bond donors (Lipinski definition) is 1. The Morgan fingerprint density at radius 2 is 1.79 bits per heavy atom. The Morgan fingerprint density at radius 3 is 2.29 bits per heavy atom. The van der Waals surface area contributed by atoms with E-state index in [1.54, 1.807) is 0 Å². The standard InChI is InChI=1S/C18H19NO5/c1-18(2,3)14-7-4-12(5-8-14)11-24-16-10-13(17(20)21)6-9-15(16)19(22)23/h4-10H,11H2,1-3H3,(H,20,21). The Kier molecular flexibility index (Phi) is 4.87. The third-order valence-corrected chi connectivity index (χ3v) is 3.62. The van der Waals surface area contributed by atoms with Crippen molar-refractivity contribution in [1.29, 1.82) is 0 Å². The maximum atomic E-state index is 11.0. The van der Waals surface area contributed by atoms with Crippen molar-refractivity contribution in [3.05, 3.63) is 69.3 Å². The normalized spacial score (nSPS) is 11.1. The van der Waals surface area contributed by atoms with E-state index >= 15 is 0 Å². The zero-order valence-corrected chi connectivity index (χ0v) is 13.8. The van der Waals surface area contributed by atoms with Gasteiger partial charge in [0.05, 0.1) is 10.5 Å². The van der Waals surface area contributed by atoms with E-state index < -0.39 is 10.9 Å². The molecule has 1 N–H and O–H groups in total. The van der Waals surface area contributed by atoms with Crippen LogP contribution in [0.25, 0.3) is 0 Å². The first-order valence-corrected chi connectivity index (χ1v) is 7.42. The lowest BCUT2D eigenvalue weighted by atomic mass is 9.87. The highest BCUT2D eigenvalue weighted by molar-refractivity contribution is 5.88. The number of nitro groups is 1. The van der Waals surface area contributed by atoms with Gasteiger partial charge in [-0.15, -0.1) is 0 Å². The molecule has 0 aliphatic heterocycles. The van der Waals surface area contributed by atoms with E-state index in [4.69, 9.17) is 9.84 Å². The summed E-state index contributed by atoms with van der Waals surface area (Å²) >= 11 is 0. The van der Waals surface area contributed by atoms with Crippen LogP contribution in [0, 0.1) is 10.1 Å². The Labute approximate surface area is 139 Å². The summed E-state index contributed by atoms with van der Waals surface area (Å²) in [5.41, 5.74) is 1.74. The molecule has 2 aromatic carbocycles. The van der Waals surface area contributed by atoms with E-state index in [1.807, 2.05) is 24.3 Å². The molecule has 0 saturated carbocycles. The summed E-state index contributed by atoms with van der Waals surface area (Å²) in [6.45, 7) is 6.45. The summed E-state index contributed by atoms with van der Waals surface area (Å²) in [5, 5.41) is 20.1. The van der Waals surface area contributed by atoms with Gasteiger partial charge in [-0.1, -0.05) is 45.0 Å². The largest absolute Gasteiger partial charge is 0.482 e. The predicted molar refractivity (Wildman–Crippen MR) is 89.5 cm³/mol. The Balaban J connectivity index is 2.20. The maximum absolute atomic E-state index is 11.0. The molecule has 0 heterocycles. The summed E-state index contributed by atoms with van der Waals surface area (Å²) in [7, 11) is 0. The fourth-order valence-electron chi connectivity index (χ4n) is 2.18. The van der Waals surface area contributed by atoms with Gasteiger partial charge >= 0.3 is 11.7 Å². The van der Waals surface area contributed by atoms with Gasteiger partial charge in [0, 0.05) is 12.1 Å². The molecule has 2 rings (SSSR count). The molecule has 0 amide bonds. The predicted octanol–water partition coefficient (Wildman–Crippen LogP) is 4.17. The highest BCUT2D eigenvalue weighted by atomic mass is 16.6. The molecular formula is C18H19NO5. The smallest absolute Gasteiger partial charge is 0.335 e. The molecule has 126 valence electrons. The quantitative estimate of drug-likeness (QED) is 0.657. The molecule has 24 heavy (non-hydrogen) atoms. The zero-order chi connectivity index (χ0) is 17.9. The molecular weight excluding hydrogens is 310 g/mol. The number of carbonyl (C=O) groups is 1. The van der Waals surface area contributed by atoms with Gasteiger partial charge in [-0.3, -0.25) is 10.1 Å². The van der Waals surface area contributed by atoms with Crippen molar-refractivity contribution in [3.63, 3.8) is 0 Å². The number of hydrogen-bond acceptors (Lipinski definition) is 4.